The predicted molar refractivity (Wildman–Crippen MR) is 93.7 cm³/mol. The van der Waals surface area contributed by atoms with Crippen molar-refractivity contribution in [2.45, 2.75) is 57.9 Å². The van der Waals surface area contributed by atoms with Crippen molar-refractivity contribution in [3.05, 3.63) is 29.8 Å². The van der Waals surface area contributed by atoms with Gasteiger partial charge in [-0.05, 0) is 43.5 Å². The molecular formula is C19H25N3O2. The Labute approximate surface area is 143 Å². The molecule has 2 rings (SSSR count). The lowest BCUT2D eigenvalue weighted by Crippen LogP contribution is -2.47. The van der Waals surface area contributed by atoms with Gasteiger partial charge in [0.15, 0.2) is 0 Å². The molecule has 0 radical (unpaired) electrons. The van der Waals surface area contributed by atoms with E-state index >= 15 is 0 Å². The number of carbonyl (C=O) groups excluding carboxylic acids is 2. The molecular weight excluding hydrogens is 302 g/mol. The molecule has 1 N–H and O–H groups in total. The lowest BCUT2D eigenvalue weighted by molar-refractivity contribution is -0.117. The summed E-state index contributed by atoms with van der Waals surface area (Å²) in [7, 11) is 0. The van der Waals surface area contributed by atoms with Gasteiger partial charge in [0.25, 0.3) is 5.91 Å². The summed E-state index contributed by atoms with van der Waals surface area (Å²) in [5.41, 5.74) is 0.532. The first kappa shape index (κ1) is 18.0. The van der Waals surface area contributed by atoms with Crippen LogP contribution in [0.15, 0.2) is 24.3 Å². The fourth-order valence-corrected chi connectivity index (χ4v) is 3.25. The molecule has 0 saturated carbocycles. The van der Waals surface area contributed by atoms with Crippen molar-refractivity contribution in [1.82, 2.24) is 5.32 Å². The molecule has 0 aliphatic carbocycles. The molecule has 2 amide bonds. The SMILES string of the molecule is CCCC(C#N)(CCC)NC(=O)c1ccc(N2CCCC2=O)cc1. The average molecular weight is 327 g/mol. The van der Waals surface area contributed by atoms with Crippen LogP contribution in [-0.2, 0) is 4.79 Å². The van der Waals surface area contributed by atoms with Gasteiger partial charge < -0.3 is 10.2 Å². The normalized spacial score (nSPS) is 14.5. The highest BCUT2D eigenvalue weighted by Crippen LogP contribution is 2.23. The third-order valence-corrected chi connectivity index (χ3v) is 4.43. The number of nitrogens with zero attached hydrogens (tertiary/aromatic N) is 2. The van der Waals surface area contributed by atoms with Crippen molar-refractivity contribution >= 4 is 17.5 Å². The monoisotopic (exact) mass is 327 g/mol. The van der Waals surface area contributed by atoms with Crippen LogP contribution in [0.25, 0.3) is 0 Å². The second-order valence-corrected chi connectivity index (χ2v) is 6.34. The van der Waals surface area contributed by atoms with Crippen LogP contribution >= 0.6 is 0 Å². The molecule has 1 heterocycles. The van der Waals surface area contributed by atoms with Crippen LogP contribution in [-0.4, -0.2) is 23.9 Å². The molecule has 0 aromatic heterocycles. The first-order chi connectivity index (χ1) is 11.5. The molecule has 1 aromatic carbocycles. The number of hydrogen-bond acceptors (Lipinski definition) is 3. The van der Waals surface area contributed by atoms with Crippen molar-refractivity contribution in [2.24, 2.45) is 0 Å². The maximum Gasteiger partial charge on any atom is 0.252 e. The lowest BCUT2D eigenvalue weighted by Gasteiger charge is -2.27. The van der Waals surface area contributed by atoms with Gasteiger partial charge in [0.1, 0.15) is 5.54 Å². The molecule has 5 heteroatoms. The van der Waals surface area contributed by atoms with Crippen molar-refractivity contribution < 1.29 is 9.59 Å². The molecule has 1 aromatic rings. The third-order valence-electron chi connectivity index (χ3n) is 4.43. The topological polar surface area (TPSA) is 73.2 Å². The summed E-state index contributed by atoms with van der Waals surface area (Å²) >= 11 is 0. The fourth-order valence-electron chi connectivity index (χ4n) is 3.25. The summed E-state index contributed by atoms with van der Waals surface area (Å²) in [4.78, 5) is 26.0. The molecule has 128 valence electrons. The predicted octanol–water partition coefficient (Wildman–Crippen LogP) is 3.41. The largest absolute Gasteiger partial charge is 0.334 e. The van der Waals surface area contributed by atoms with E-state index in [0.717, 1.165) is 31.5 Å². The molecule has 1 fully saturated rings. The Bertz CT molecular complexity index is 625. The number of carbonyl (C=O) groups is 2. The Morgan fingerprint density at radius 2 is 1.88 bits per heavy atom. The highest BCUT2D eigenvalue weighted by Gasteiger charge is 2.30. The second kappa shape index (κ2) is 7.96. The summed E-state index contributed by atoms with van der Waals surface area (Å²) in [5, 5.41) is 12.5. The Kier molecular flexibility index (Phi) is 5.97. The van der Waals surface area contributed by atoms with Crippen LogP contribution in [0.2, 0.25) is 0 Å². The first-order valence-electron chi connectivity index (χ1n) is 8.69. The van der Waals surface area contributed by atoms with Crippen molar-refractivity contribution in [3.8, 4) is 6.07 Å². The van der Waals surface area contributed by atoms with E-state index in [1.165, 1.54) is 0 Å². The van der Waals surface area contributed by atoms with Gasteiger partial charge in [-0.15, -0.1) is 0 Å². The van der Waals surface area contributed by atoms with Gasteiger partial charge in [-0.2, -0.15) is 5.26 Å². The molecule has 1 aliphatic heterocycles. The molecule has 1 aliphatic rings. The number of nitriles is 1. The van der Waals surface area contributed by atoms with E-state index in [1.54, 1.807) is 29.2 Å². The molecule has 5 nitrogen and oxygen atoms in total. The van der Waals surface area contributed by atoms with Crippen molar-refractivity contribution in [1.29, 1.82) is 5.26 Å². The van der Waals surface area contributed by atoms with Crippen molar-refractivity contribution in [3.63, 3.8) is 0 Å². The molecule has 0 bridgehead atoms. The first-order valence-corrected chi connectivity index (χ1v) is 8.69. The smallest absolute Gasteiger partial charge is 0.252 e. The van der Waals surface area contributed by atoms with Crippen molar-refractivity contribution in [2.75, 3.05) is 11.4 Å². The second-order valence-electron chi connectivity index (χ2n) is 6.34. The van der Waals surface area contributed by atoms with E-state index in [9.17, 15) is 14.9 Å². The number of amides is 2. The Balaban J connectivity index is 2.11. The van der Waals surface area contributed by atoms with Crippen LogP contribution < -0.4 is 10.2 Å². The van der Waals surface area contributed by atoms with Crippen LogP contribution in [0.4, 0.5) is 5.69 Å². The Hall–Kier alpha value is -2.35. The van der Waals surface area contributed by atoms with Crippen LogP contribution in [0.5, 0.6) is 0 Å². The number of rotatable bonds is 7. The quantitative estimate of drug-likeness (QED) is 0.834. The van der Waals surface area contributed by atoms with E-state index in [0.29, 0.717) is 24.8 Å². The fraction of sp³-hybridized carbons (Fsp3) is 0.526. The van der Waals surface area contributed by atoms with E-state index in [-0.39, 0.29) is 11.8 Å². The number of nitrogens with one attached hydrogen (secondary N) is 1. The van der Waals surface area contributed by atoms with Gasteiger partial charge in [-0.3, -0.25) is 9.59 Å². The van der Waals surface area contributed by atoms with E-state index in [2.05, 4.69) is 11.4 Å². The van der Waals surface area contributed by atoms with Gasteiger partial charge in [-0.25, -0.2) is 0 Å². The highest BCUT2D eigenvalue weighted by atomic mass is 16.2. The summed E-state index contributed by atoms with van der Waals surface area (Å²) in [6.07, 6.45) is 4.42. The molecule has 0 atom stereocenters. The zero-order chi connectivity index (χ0) is 17.6. The number of hydrogen-bond donors (Lipinski definition) is 1. The average Bonchev–Trinajstić information content (AvgIpc) is 3.01. The molecule has 1 saturated heterocycles. The Morgan fingerprint density at radius 1 is 1.25 bits per heavy atom. The lowest BCUT2D eigenvalue weighted by atomic mass is 9.90. The summed E-state index contributed by atoms with van der Waals surface area (Å²) in [6.45, 7) is 4.75. The van der Waals surface area contributed by atoms with E-state index in [4.69, 9.17) is 0 Å². The third kappa shape index (κ3) is 3.94. The van der Waals surface area contributed by atoms with Gasteiger partial charge in [-0.1, -0.05) is 26.7 Å². The van der Waals surface area contributed by atoms with Gasteiger partial charge >= 0.3 is 0 Å². The maximum absolute atomic E-state index is 12.5. The van der Waals surface area contributed by atoms with Gasteiger partial charge in [0.05, 0.1) is 6.07 Å². The summed E-state index contributed by atoms with van der Waals surface area (Å²) < 4.78 is 0. The number of benzene rings is 1. The number of anilines is 1. The summed E-state index contributed by atoms with van der Waals surface area (Å²) in [5.74, 6) is -0.112. The zero-order valence-electron chi connectivity index (χ0n) is 14.5. The van der Waals surface area contributed by atoms with Crippen LogP contribution in [0.1, 0.15) is 62.7 Å². The molecule has 24 heavy (non-hydrogen) atoms. The van der Waals surface area contributed by atoms with Gasteiger partial charge in [0, 0.05) is 24.2 Å². The minimum Gasteiger partial charge on any atom is -0.334 e. The minimum absolute atomic E-state index is 0.126. The van der Waals surface area contributed by atoms with Crippen LogP contribution in [0.3, 0.4) is 0 Å². The minimum atomic E-state index is -0.801. The van der Waals surface area contributed by atoms with E-state index in [1.807, 2.05) is 13.8 Å². The maximum atomic E-state index is 12.5. The van der Waals surface area contributed by atoms with Crippen LogP contribution in [0, 0.1) is 11.3 Å². The summed E-state index contributed by atoms with van der Waals surface area (Å²) in [6, 6.07) is 9.33. The van der Waals surface area contributed by atoms with E-state index < -0.39 is 5.54 Å². The highest BCUT2D eigenvalue weighted by molar-refractivity contribution is 5.97. The standard InChI is InChI=1S/C19H25N3O2/c1-3-11-19(14-20,12-4-2)21-18(24)15-7-9-16(10-8-15)22-13-5-6-17(22)23/h7-10H,3-6,11-13H2,1-2H3,(H,21,24). The molecule has 0 spiro atoms. The Morgan fingerprint density at radius 3 is 2.33 bits per heavy atom. The van der Waals surface area contributed by atoms with Gasteiger partial charge in [0.2, 0.25) is 5.91 Å². The zero-order valence-corrected chi connectivity index (χ0v) is 14.5. The molecule has 0 unspecified atom stereocenters.